The van der Waals surface area contributed by atoms with Crippen molar-refractivity contribution in [1.82, 2.24) is 15.5 Å². The van der Waals surface area contributed by atoms with Crippen LogP contribution in [0.3, 0.4) is 0 Å². The standard InChI is InChI=1S/C24H32N4O5/c29-21(7-2-1-3-14-33-16-10-12-25-13-11-16)26-19-6-4-5-17-18(19)15-28(24(17)32)20-8-9-22(30)27-23(20)31/h4-6,16,20,25H,1-3,7-15H2,(H,26,29)(H,27,30,31). The molecule has 1 unspecified atom stereocenters. The highest BCUT2D eigenvalue weighted by Gasteiger charge is 2.39. The third-order valence-electron chi connectivity index (χ3n) is 6.54. The van der Waals surface area contributed by atoms with Crippen LogP contribution >= 0.6 is 0 Å². The van der Waals surface area contributed by atoms with Crippen molar-refractivity contribution >= 4 is 29.3 Å². The predicted molar refractivity (Wildman–Crippen MR) is 121 cm³/mol. The average Bonchev–Trinajstić information content (AvgIpc) is 3.14. The van der Waals surface area contributed by atoms with Crippen molar-refractivity contribution < 1.29 is 23.9 Å². The van der Waals surface area contributed by atoms with Crippen LogP contribution in [0.15, 0.2) is 18.2 Å². The molecule has 0 bridgehead atoms. The number of imide groups is 1. The summed E-state index contributed by atoms with van der Waals surface area (Å²) in [7, 11) is 0. The molecule has 1 aromatic carbocycles. The first-order chi connectivity index (χ1) is 16.0. The SMILES string of the molecule is O=C1CCC(N2Cc3c(NC(=O)CCCCCOC4CCNCC4)cccc3C2=O)C(=O)N1. The number of carbonyl (C=O) groups excluding carboxylic acids is 4. The van der Waals surface area contributed by atoms with Gasteiger partial charge < -0.3 is 20.3 Å². The molecule has 178 valence electrons. The molecular weight excluding hydrogens is 424 g/mol. The van der Waals surface area contributed by atoms with E-state index < -0.39 is 11.9 Å². The third-order valence-corrected chi connectivity index (χ3v) is 6.54. The van der Waals surface area contributed by atoms with Gasteiger partial charge in [-0.05, 0) is 57.3 Å². The fourth-order valence-corrected chi connectivity index (χ4v) is 4.69. The van der Waals surface area contributed by atoms with Gasteiger partial charge in [-0.1, -0.05) is 12.5 Å². The zero-order valence-corrected chi connectivity index (χ0v) is 18.9. The molecule has 1 atom stereocenters. The smallest absolute Gasteiger partial charge is 0.255 e. The van der Waals surface area contributed by atoms with E-state index in [9.17, 15) is 19.2 Å². The molecule has 3 heterocycles. The van der Waals surface area contributed by atoms with Gasteiger partial charge in [0.2, 0.25) is 17.7 Å². The molecule has 0 saturated carbocycles. The Morgan fingerprint density at radius 3 is 2.70 bits per heavy atom. The fraction of sp³-hybridized carbons (Fsp3) is 0.583. The molecule has 0 spiro atoms. The van der Waals surface area contributed by atoms with Crippen LogP contribution in [0.2, 0.25) is 0 Å². The van der Waals surface area contributed by atoms with Gasteiger partial charge in [0.25, 0.3) is 5.91 Å². The minimum absolute atomic E-state index is 0.0884. The second kappa shape index (κ2) is 10.9. The van der Waals surface area contributed by atoms with E-state index >= 15 is 0 Å². The molecule has 0 aliphatic carbocycles. The second-order valence-electron chi connectivity index (χ2n) is 8.91. The van der Waals surface area contributed by atoms with Crippen molar-refractivity contribution in [1.29, 1.82) is 0 Å². The van der Waals surface area contributed by atoms with Crippen LogP contribution < -0.4 is 16.0 Å². The van der Waals surface area contributed by atoms with Gasteiger partial charge in [-0.3, -0.25) is 24.5 Å². The van der Waals surface area contributed by atoms with Crippen molar-refractivity contribution in [3.05, 3.63) is 29.3 Å². The number of ether oxygens (including phenoxy) is 1. The van der Waals surface area contributed by atoms with Crippen LogP contribution in [0.25, 0.3) is 0 Å². The van der Waals surface area contributed by atoms with Crippen LogP contribution in [0.5, 0.6) is 0 Å². The van der Waals surface area contributed by atoms with Gasteiger partial charge >= 0.3 is 0 Å². The molecule has 4 amide bonds. The molecule has 0 aromatic heterocycles. The summed E-state index contributed by atoms with van der Waals surface area (Å²) in [5.41, 5.74) is 1.82. The molecule has 1 aromatic rings. The number of piperidine rings is 2. The Balaban J connectivity index is 1.24. The molecular formula is C24H32N4O5. The lowest BCUT2D eigenvalue weighted by molar-refractivity contribution is -0.137. The van der Waals surface area contributed by atoms with E-state index in [-0.39, 0.29) is 30.7 Å². The Hall–Kier alpha value is -2.78. The molecule has 3 aliphatic rings. The first-order valence-corrected chi connectivity index (χ1v) is 11.9. The number of carbonyl (C=O) groups is 4. The summed E-state index contributed by atoms with van der Waals surface area (Å²) in [5, 5.41) is 8.56. The number of hydrogen-bond donors (Lipinski definition) is 3. The lowest BCUT2D eigenvalue weighted by Crippen LogP contribution is -2.52. The van der Waals surface area contributed by atoms with Gasteiger partial charge in [-0.2, -0.15) is 0 Å². The summed E-state index contributed by atoms with van der Waals surface area (Å²) < 4.78 is 5.90. The topological polar surface area (TPSA) is 117 Å². The lowest BCUT2D eigenvalue weighted by Gasteiger charge is -2.29. The van der Waals surface area contributed by atoms with Crippen molar-refractivity contribution in [2.45, 2.75) is 70.1 Å². The Bertz CT molecular complexity index is 912. The monoisotopic (exact) mass is 456 g/mol. The maximum atomic E-state index is 12.9. The number of unbranched alkanes of at least 4 members (excludes halogenated alkanes) is 2. The highest BCUT2D eigenvalue weighted by Crippen LogP contribution is 2.32. The van der Waals surface area contributed by atoms with Crippen LogP contribution in [0.1, 0.15) is 67.3 Å². The summed E-state index contributed by atoms with van der Waals surface area (Å²) in [4.78, 5) is 50.5. The molecule has 33 heavy (non-hydrogen) atoms. The van der Waals surface area contributed by atoms with E-state index in [1.54, 1.807) is 18.2 Å². The summed E-state index contributed by atoms with van der Waals surface area (Å²) in [6.45, 7) is 3.01. The van der Waals surface area contributed by atoms with Gasteiger partial charge in [0.1, 0.15) is 6.04 Å². The van der Waals surface area contributed by atoms with Crippen LogP contribution in [-0.2, 0) is 25.7 Å². The molecule has 2 fully saturated rings. The van der Waals surface area contributed by atoms with Crippen molar-refractivity contribution in [3.63, 3.8) is 0 Å². The molecule has 9 heteroatoms. The van der Waals surface area contributed by atoms with Crippen LogP contribution in [-0.4, -0.2) is 60.4 Å². The largest absolute Gasteiger partial charge is 0.378 e. The zero-order chi connectivity index (χ0) is 23.2. The number of anilines is 1. The summed E-state index contributed by atoms with van der Waals surface area (Å²) in [6, 6.07) is 4.56. The van der Waals surface area contributed by atoms with E-state index in [1.165, 1.54) is 4.90 Å². The van der Waals surface area contributed by atoms with Gasteiger partial charge in [0, 0.05) is 42.8 Å². The Labute approximate surface area is 193 Å². The second-order valence-corrected chi connectivity index (χ2v) is 8.91. The first-order valence-electron chi connectivity index (χ1n) is 11.9. The number of amides is 4. The molecule has 0 radical (unpaired) electrons. The summed E-state index contributed by atoms with van der Waals surface area (Å²) >= 11 is 0. The van der Waals surface area contributed by atoms with Gasteiger partial charge in [-0.25, -0.2) is 0 Å². The third kappa shape index (κ3) is 5.78. The fourth-order valence-electron chi connectivity index (χ4n) is 4.69. The highest BCUT2D eigenvalue weighted by atomic mass is 16.5. The number of fused-ring (bicyclic) bond motifs is 1. The van der Waals surface area contributed by atoms with E-state index in [0.717, 1.165) is 57.4 Å². The van der Waals surface area contributed by atoms with Gasteiger partial charge in [-0.15, -0.1) is 0 Å². The Morgan fingerprint density at radius 1 is 1.09 bits per heavy atom. The maximum absolute atomic E-state index is 12.9. The Kier molecular flexibility index (Phi) is 7.72. The average molecular weight is 457 g/mol. The predicted octanol–water partition coefficient (Wildman–Crippen LogP) is 1.72. The molecule has 4 rings (SSSR count). The van der Waals surface area contributed by atoms with Gasteiger partial charge in [0.05, 0.1) is 6.10 Å². The molecule has 3 aliphatic heterocycles. The highest BCUT2D eigenvalue weighted by molar-refractivity contribution is 6.06. The number of benzene rings is 1. The van der Waals surface area contributed by atoms with E-state index in [4.69, 9.17) is 4.74 Å². The minimum atomic E-state index is -0.668. The van der Waals surface area contributed by atoms with Crippen LogP contribution in [0.4, 0.5) is 5.69 Å². The van der Waals surface area contributed by atoms with Crippen LogP contribution in [0, 0.1) is 0 Å². The minimum Gasteiger partial charge on any atom is -0.378 e. The summed E-state index contributed by atoms with van der Waals surface area (Å²) in [5.74, 6) is -1.09. The molecule has 2 saturated heterocycles. The van der Waals surface area contributed by atoms with E-state index in [2.05, 4.69) is 16.0 Å². The first kappa shape index (κ1) is 23.4. The maximum Gasteiger partial charge on any atom is 0.255 e. The quantitative estimate of drug-likeness (QED) is 0.385. The van der Waals surface area contributed by atoms with Crippen molar-refractivity contribution in [2.24, 2.45) is 0 Å². The number of hydrogen-bond acceptors (Lipinski definition) is 6. The van der Waals surface area contributed by atoms with Crippen molar-refractivity contribution in [2.75, 3.05) is 25.0 Å². The number of rotatable bonds is 9. The molecule has 9 nitrogen and oxygen atoms in total. The number of nitrogens with one attached hydrogen (secondary N) is 3. The normalized spacial score (nSPS) is 21.2. The number of nitrogens with zero attached hydrogens (tertiary/aromatic N) is 1. The zero-order valence-electron chi connectivity index (χ0n) is 18.9. The lowest BCUT2D eigenvalue weighted by atomic mass is 10.0. The van der Waals surface area contributed by atoms with E-state index in [0.29, 0.717) is 30.2 Å². The van der Waals surface area contributed by atoms with Gasteiger partial charge in [0.15, 0.2) is 0 Å². The summed E-state index contributed by atoms with van der Waals surface area (Å²) in [6.07, 6.45) is 6.05. The van der Waals surface area contributed by atoms with Crippen molar-refractivity contribution in [3.8, 4) is 0 Å². The van der Waals surface area contributed by atoms with E-state index in [1.807, 2.05) is 0 Å². The Morgan fingerprint density at radius 2 is 1.91 bits per heavy atom. The molecule has 3 N–H and O–H groups in total.